The molecular weight excluding hydrogens is 222 g/mol. The van der Waals surface area contributed by atoms with Crippen LogP contribution in [0.5, 0.6) is 0 Å². The van der Waals surface area contributed by atoms with Gasteiger partial charge in [-0.25, -0.2) is 4.98 Å². The predicted molar refractivity (Wildman–Crippen MR) is 61.8 cm³/mol. The number of rotatable bonds is 2. The largest absolute Gasteiger partial charge is 0.395 e. The van der Waals surface area contributed by atoms with Crippen LogP contribution in [0.15, 0.2) is 16.7 Å². The van der Waals surface area contributed by atoms with E-state index in [1.54, 1.807) is 10.8 Å². The Hall–Kier alpha value is -2.15. The number of nitrogens with zero attached hydrogens (tertiary/aromatic N) is 3. The Labute approximate surface area is 95.6 Å². The highest BCUT2D eigenvalue weighted by molar-refractivity contribution is 5.74. The smallest absolute Gasteiger partial charge is 0.280 e. The second-order valence-corrected chi connectivity index (χ2v) is 3.87. The summed E-state index contributed by atoms with van der Waals surface area (Å²) in [6, 6.07) is 0. The second-order valence-electron chi connectivity index (χ2n) is 3.87. The van der Waals surface area contributed by atoms with Crippen molar-refractivity contribution in [1.29, 1.82) is 0 Å². The number of fused-ring (bicyclic) bond motifs is 1. The molecule has 1 aliphatic carbocycles. The van der Waals surface area contributed by atoms with Gasteiger partial charge in [0.25, 0.3) is 5.56 Å². The maximum absolute atomic E-state index is 11.5. The molecule has 0 spiro atoms. The van der Waals surface area contributed by atoms with Crippen LogP contribution >= 0.6 is 0 Å². The number of nitrogens with two attached hydrogens (primary N) is 1. The van der Waals surface area contributed by atoms with Gasteiger partial charge in [-0.3, -0.25) is 14.3 Å². The summed E-state index contributed by atoms with van der Waals surface area (Å²) in [5, 5.41) is 8.91. The van der Waals surface area contributed by atoms with Crippen molar-refractivity contribution in [3.05, 3.63) is 28.2 Å². The number of aliphatic hydroxyl groups is 1. The summed E-state index contributed by atoms with van der Waals surface area (Å²) in [7, 11) is 0. The van der Waals surface area contributed by atoms with Crippen molar-refractivity contribution in [2.45, 2.75) is 6.42 Å². The van der Waals surface area contributed by atoms with Gasteiger partial charge in [0.2, 0.25) is 5.95 Å². The molecule has 0 amide bonds. The molecule has 0 atom stereocenters. The standard InChI is InChI=1S/C10H10N5O2/c11-10-13-8-7(9(17)14-10)12-4-15(8)2-5-1-6(5)3-16/h2,4,16H,1,3H2,(H3,11,13,14,17)/b5-2-. The maximum atomic E-state index is 11.5. The van der Waals surface area contributed by atoms with Gasteiger partial charge in [0.05, 0.1) is 6.61 Å². The molecule has 1 saturated carbocycles. The molecule has 4 N–H and O–H groups in total. The fourth-order valence-corrected chi connectivity index (χ4v) is 1.69. The summed E-state index contributed by atoms with van der Waals surface area (Å²) in [6.07, 6.45) is 4.09. The van der Waals surface area contributed by atoms with Crippen LogP contribution < -0.4 is 11.3 Å². The molecule has 1 radical (unpaired) electrons. The van der Waals surface area contributed by atoms with Crippen molar-refractivity contribution in [1.82, 2.24) is 19.5 Å². The number of nitrogen functional groups attached to an aromatic ring is 1. The number of anilines is 1. The number of hydrogen-bond acceptors (Lipinski definition) is 5. The van der Waals surface area contributed by atoms with Crippen molar-refractivity contribution in [3.63, 3.8) is 0 Å². The topological polar surface area (TPSA) is 110 Å². The van der Waals surface area contributed by atoms with Gasteiger partial charge in [0.15, 0.2) is 11.2 Å². The minimum atomic E-state index is -0.355. The second kappa shape index (κ2) is 3.42. The van der Waals surface area contributed by atoms with Gasteiger partial charge >= 0.3 is 0 Å². The first-order chi connectivity index (χ1) is 8.19. The first kappa shape index (κ1) is 10.0. The third-order valence-corrected chi connectivity index (χ3v) is 2.67. The number of aromatic amines is 1. The van der Waals surface area contributed by atoms with Crippen molar-refractivity contribution < 1.29 is 5.11 Å². The van der Waals surface area contributed by atoms with E-state index in [-0.39, 0.29) is 23.6 Å². The normalized spacial score (nSPS) is 18.1. The third kappa shape index (κ3) is 1.60. The van der Waals surface area contributed by atoms with E-state index in [1.165, 1.54) is 6.33 Å². The van der Waals surface area contributed by atoms with Gasteiger partial charge in [-0.2, -0.15) is 4.98 Å². The van der Waals surface area contributed by atoms with Gasteiger partial charge in [-0.05, 0) is 12.0 Å². The molecule has 0 unspecified atom stereocenters. The van der Waals surface area contributed by atoms with E-state index in [4.69, 9.17) is 10.8 Å². The zero-order valence-corrected chi connectivity index (χ0v) is 8.84. The molecule has 2 aromatic rings. The van der Waals surface area contributed by atoms with Crippen LogP contribution in [0, 0.1) is 5.92 Å². The number of imidazole rings is 1. The molecular formula is C10H10N5O2. The Morgan fingerprint density at radius 2 is 2.47 bits per heavy atom. The molecule has 17 heavy (non-hydrogen) atoms. The number of aromatic nitrogens is 4. The Balaban J connectivity index is 2.13. The van der Waals surface area contributed by atoms with E-state index in [9.17, 15) is 4.79 Å². The minimum Gasteiger partial charge on any atom is -0.395 e. The third-order valence-electron chi connectivity index (χ3n) is 2.67. The summed E-state index contributed by atoms with van der Waals surface area (Å²) in [5.74, 6) is 1.05. The van der Waals surface area contributed by atoms with Crippen LogP contribution in [-0.2, 0) is 0 Å². The molecule has 1 aliphatic rings. The lowest BCUT2D eigenvalue weighted by Gasteiger charge is -1.96. The Morgan fingerprint density at radius 3 is 3.18 bits per heavy atom. The zero-order valence-electron chi connectivity index (χ0n) is 8.84. The monoisotopic (exact) mass is 232 g/mol. The molecule has 7 nitrogen and oxygen atoms in total. The lowest BCUT2D eigenvalue weighted by atomic mass is 10.4. The molecule has 3 rings (SSSR count). The van der Waals surface area contributed by atoms with E-state index >= 15 is 0 Å². The number of H-pyrrole nitrogens is 1. The number of aliphatic hydroxyl groups excluding tert-OH is 1. The maximum Gasteiger partial charge on any atom is 0.280 e. The van der Waals surface area contributed by atoms with Crippen LogP contribution in [0.2, 0.25) is 0 Å². The highest BCUT2D eigenvalue weighted by Gasteiger charge is 2.29. The number of hydrogen-bond donors (Lipinski definition) is 3. The first-order valence-corrected chi connectivity index (χ1v) is 5.08. The summed E-state index contributed by atoms with van der Waals surface area (Å²) < 4.78 is 1.64. The van der Waals surface area contributed by atoms with E-state index in [2.05, 4.69) is 15.0 Å². The molecule has 87 valence electrons. The Kier molecular flexibility index (Phi) is 2.02. The van der Waals surface area contributed by atoms with Crippen LogP contribution in [-0.4, -0.2) is 31.2 Å². The average Bonchev–Trinajstić information content (AvgIpc) is 2.92. The van der Waals surface area contributed by atoms with Crippen molar-refractivity contribution in [2.75, 3.05) is 12.3 Å². The van der Waals surface area contributed by atoms with E-state index in [1.807, 2.05) is 0 Å². The van der Waals surface area contributed by atoms with Crippen LogP contribution in [0.1, 0.15) is 6.42 Å². The van der Waals surface area contributed by atoms with Crippen molar-refractivity contribution in [2.24, 2.45) is 0 Å². The quantitative estimate of drug-likeness (QED) is 0.647. The lowest BCUT2D eigenvalue weighted by Crippen LogP contribution is -2.11. The average molecular weight is 232 g/mol. The fraction of sp³-hybridized carbons (Fsp3) is 0.200. The summed E-state index contributed by atoms with van der Waals surface area (Å²) >= 11 is 0. The molecule has 0 bridgehead atoms. The van der Waals surface area contributed by atoms with Crippen LogP contribution in [0.4, 0.5) is 5.95 Å². The minimum absolute atomic E-state index is 0.0600. The SMILES string of the molecule is Nc1nc2c(ncn2/C=C2/C[C]2CO)c(=O)[nH]1. The molecule has 7 heteroatoms. The first-order valence-electron chi connectivity index (χ1n) is 5.08. The van der Waals surface area contributed by atoms with E-state index < -0.39 is 0 Å². The van der Waals surface area contributed by atoms with Gasteiger partial charge in [-0.15, -0.1) is 0 Å². The molecule has 2 aromatic heterocycles. The Morgan fingerprint density at radius 1 is 1.65 bits per heavy atom. The highest BCUT2D eigenvalue weighted by atomic mass is 16.3. The van der Waals surface area contributed by atoms with Crippen LogP contribution in [0.25, 0.3) is 17.4 Å². The van der Waals surface area contributed by atoms with Crippen molar-refractivity contribution in [3.8, 4) is 0 Å². The van der Waals surface area contributed by atoms with Crippen LogP contribution in [0.3, 0.4) is 0 Å². The van der Waals surface area contributed by atoms with Crippen molar-refractivity contribution >= 4 is 23.3 Å². The van der Waals surface area contributed by atoms with Gasteiger partial charge in [0.1, 0.15) is 6.33 Å². The number of nitrogens with one attached hydrogen (secondary N) is 1. The highest BCUT2D eigenvalue weighted by Crippen LogP contribution is 2.40. The molecule has 1 fully saturated rings. The molecule has 2 heterocycles. The van der Waals surface area contributed by atoms with Gasteiger partial charge in [-0.1, -0.05) is 0 Å². The molecule has 0 aromatic carbocycles. The van der Waals surface area contributed by atoms with E-state index in [0.29, 0.717) is 5.65 Å². The predicted octanol–water partition coefficient (Wildman–Crippen LogP) is -0.487. The van der Waals surface area contributed by atoms with Gasteiger partial charge in [0, 0.05) is 12.1 Å². The fourth-order valence-electron chi connectivity index (χ4n) is 1.69. The Bertz CT molecular complexity index is 669. The van der Waals surface area contributed by atoms with Gasteiger partial charge < -0.3 is 10.8 Å². The summed E-state index contributed by atoms with van der Waals surface area (Å²) in [4.78, 5) is 21.9. The molecule has 0 aliphatic heterocycles. The summed E-state index contributed by atoms with van der Waals surface area (Å²) in [5.41, 5.74) is 6.83. The zero-order chi connectivity index (χ0) is 12.0. The van der Waals surface area contributed by atoms with E-state index in [0.717, 1.165) is 17.9 Å². The summed E-state index contributed by atoms with van der Waals surface area (Å²) in [6.45, 7) is 0.0641. The molecule has 0 saturated heterocycles. The lowest BCUT2D eigenvalue weighted by molar-refractivity contribution is 0.325.